The highest BCUT2D eigenvalue weighted by molar-refractivity contribution is 5.86. The van der Waals surface area contributed by atoms with Crippen LogP contribution in [-0.2, 0) is 14.3 Å². The molecule has 0 fully saturated rings. The maximum Gasteiger partial charge on any atom is 0.333 e. The third-order valence-corrected chi connectivity index (χ3v) is 5.09. The molecule has 0 saturated carbocycles. The summed E-state index contributed by atoms with van der Waals surface area (Å²) < 4.78 is 10.6. The second kappa shape index (κ2) is 8.25. The first-order valence-corrected chi connectivity index (χ1v) is 9.16. The quantitative estimate of drug-likeness (QED) is 0.820. The van der Waals surface area contributed by atoms with Crippen molar-refractivity contribution in [1.82, 2.24) is 5.32 Å². The topological polar surface area (TPSA) is 64.6 Å². The summed E-state index contributed by atoms with van der Waals surface area (Å²) in [5.41, 5.74) is 3.73. The van der Waals surface area contributed by atoms with Gasteiger partial charge in [0.05, 0.1) is 13.7 Å². The van der Waals surface area contributed by atoms with Crippen molar-refractivity contribution in [2.45, 2.75) is 38.6 Å². The minimum absolute atomic E-state index is 0.0752. The molecule has 0 spiro atoms. The number of ether oxygens (including phenoxy) is 2. The minimum atomic E-state index is -0.807. The van der Waals surface area contributed by atoms with E-state index in [0.717, 1.165) is 34.4 Å². The summed E-state index contributed by atoms with van der Waals surface area (Å²) in [4.78, 5) is 25.2. The number of esters is 1. The molecule has 1 heterocycles. The summed E-state index contributed by atoms with van der Waals surface area (Å²) in [5, 5.41) is 2.89. The van der Waals surface area contributed by atoms with Crippen molar-refractivity contribution < 1.29 is 19.1 Å². The SMILES string of the molecule is COC(=O)[C@@H](NC(=O)C[C@H]1CCOc2ccccc21)c1c(C)cccc1C. The van der Waals surface area contributed by atoms with E-state index in [1.807, 2.05) is 56.3 Å². The molecule has 1 amide bonds. The van der Waals surface area contributed by atoms with Crippen molar-refractivity contribution >= 4 is 11.9 Å². The molecular weight excluding hydrogens is 342 g/mol. The summed E-state index contributed by atoms with van der Waals surface area (Å²) >= 11 is 0. The summed E-state index contributed by atoms with van der Waals surface area (Å²) in [7, 11) is 1.34. The Morgan fingerprint density at radius 3 is 2.56 bits per heavy atom. The fraction of sp³-hybridized carbons (Fsp3) is 0.364. The fourth-order valence-corrected chi connectivity index (χ4v) is 3.72. The number of rotatable bonds is 5. The smallest absolute Gasteiger partial charge is 0.333 e. The lowest BCUT2D eigenvalue weighted by Gasteiger charge is -2.26. The van der Waals surface area contributed by atoms with Gasteiger partial charge in [-0.05, 0) is 54.5 Å². The predicted molar refractivity (Wildman–Crippen MR) is 103 cm³/mol. The molecule has 1 aliphatic heterocycles. The van der Waals surface area contributed by atoms with Crippen LogP contribution < -0.4 is 10.1 Å². The number of amides is 1. The first kappa shape index (κ1) is 19.0. The summed E-state index contributed by atoms with van der Waals surface area (Å²) in [5.74, 6) is 0.273. The zero-order chi connectivity index (χ0) is 19.4. The van der Waals surface area contributed by atoms with Crippen LogP contribution in [0.3, 0.4) is 0 Å². The number of aryl methyl sites for hydroxylation is 2. The molecule has 0 unspecified atom stereocenters. The van der Waals surface area contributed by atoms with Crippen LogP contribution in [0.1, 0.15) is 47.1 Å². The van der Waals surface area contributed by atoms with Crippen molar-refractivity contribution in [3.8, 4) is 5.75 Å². The zero-order valence-corrected chi connectivity index (χ0v) is 16.0. The second-order valence-electron chi connectivity index (χ2n) is 6.91. The second-order valence-corrected chi connectivity index (χ2v) is 6.91. The highest BCUT2D eigenvalue weighted by Gasteiger charge is 2.29. The number of benzene rings is 2. The van der Waals surface area contributed by atoms with Gasteiger partial charge in [0.25, 0.3) is 0 Å². The van der Waals surface area contributed by atoms with Crippen LogP contribution in [0.2, 0.25) is 0 Å². The van der Waals surface area contributed by atoms with E-state index in [-0.39, 0.29) is 11.8 Å². The first-order valence-electron chi connectivity index (χ1n) is 9.16. The number of carbonyl (C=O) groups is 2. The minimum Gasteiger partial charge on any atom is -0.493 e. The van der Waals surface area contributed by atoms with Crippen LogP contribution in [0.4, 0.5) is 0 Å². The van der Waals surface area contributed by atoms with Gasteiger partial charge in [-0.1, -0.05) is 36.4 Å². The Hall–Kier alpha value is -2.82. The van der Waals surface area contributed by atoms with Gasteiger partial charge in [-0.3, -0.25) is 4.79 Å². The number of methoxy groups -OCH3 is 1. The van der Waals surface area contributed by atoms with Crippen LogP contribution in [0.5, 0.6) is 5.75 Å². The van der Waals surface area contributed by atoms with Crippen molar-refractivity contribution in [3.05, 3.63) is 64.7 Å². The molecule has 1 aliphatic rings. The Morgan fingerprint density at radius 1 is 1.15 bits per heavy atom. The van der Waals surface area contributed by atoms with E-state index in [9.17, 15) is 9.59 Å². The Morgan fingerprint density at radius 2 is 1.85 bits per heavy atom. The van der Waals surface area contributed by atoms with Gasteiger partial charge in [0, 0.05) is 6.42 Å². The van der Waals surface area contributed by atoms with Crippen LogP contribution in [0.15, 0.2) is 42.5 Å². The number of hydrogen-bond acceptors (Lipinski definition) is 4. The van der Waals surface area contributed by atoms with E-state index >= 15 is 0 Å². The first-order chi connectivity index (χ1) is 13.0. The van der Waals surface area contributed by atoms with Crippen molar-refractivity contribution in [2.75, 3.05) is 13.7 Å². The van der Waals surface area contributed by atoms with Gasteiger partial charge >= 0.3 is 5.97 Å². The summed E-state index contributed by atoms with van der Waals surface area (Å²) in [6.45, 7) is 4.45. The number of carbonyl (C=O) groups excluding carboxylic acids is 2. The van der Waals surface area contributed by atoms with Gasteiger partial charge in [0.15, 0.2) is 6.04 Å². The molecule has 27 heavy (non-hydrogen) atoms. The standard InChI is InChI=1S/C22H25NO4/c1-14-7-6-8-15(2)20(14)21(22(25)26-3)23-19(24)13-16-11-12-27-18-10-5-4-9-17(16)18/h4-10,16,21H,11-13H2,1-3H3,(H,23,24)/t16-,21+/m1/s1. The van der Waals surface area contributed by atoms with Gasteiger partial charge in [0.2, 0.25) is 5.91 Å². The van der Waals surface area contributed by atoms with Crippen LogP contribution in [-0.4, -0.2) is 25.6 Å². The average molecular weight is 367 g/mol. The van der Waals surface area contributed by atoms with Crippen LogP contribution in [0.25, 0.3) is 0 Å². The molecule has 2 atom stereocenters. The summed E-state index contributed by atoms with van der Waals surface area (Å²) in [6, 6.07) is 12.8. The molecule has 142 valence electrons. The molecule has 1 N–H and O–H groups in total. The van der Waals surface area contributed by atoms with Crippen molar-refractivity contribution in [3.63, 3.8) is 0 Å². The molecule has 5 heteroatoms. The van der Waals surface area contributed by atoms with E-state index in [2.05, 4.69) is 5.32 Å². The van der Waals surface area contributed by atoms with E-state index in [1.165, 1.54) is 7.11 Å². The Bertz CT molecular complexity index is 826. The van der Waals surface area contributed by atoms with E-state index in [0.29, 0.717) is 13.0 Å². The molecule has 0 aliphatic carbocycles. The maximum absolute atomic E-state index is 12.8. The van der Waals surface area contributed by atoms with Gasteiger partial charge < -0.3 is 14.8 Å². The Labute approximate surface area is 159 Å². The van der Waals surface area contributed by atoms with Crippen molar-refractivity contribution in [1.29, 1.82) is 0 Å². The fourth-order valence-electron chi connectivity index (χ4n) is 3.72. The number of para-hydroxylation sites is 1. The van der Waals surface area contributed by atoms with Gasteiger partial charge in [-0.15, -0.1) is 0 Å². The van der Waals surface area contributed by atoms with Crippen LogP contribution in [0, 0.1) is 13.8 Å². The van der Waals surface area contributed by atoms with E-state index in [4.69, 9.17) is 9.47 Å². The average Bonchev–Trinajstić information content (AvgIpc) is 2.66. The molecule has 2 aromatic carbocycles. The Kier molecular flexibility index (Phi) is 5.79. The van der Waals surface area contributed by atoms with Gasteiger partial charge in [-0.25, -0.2) is 4.79 Å². The third kappa shape index (κ3) is 4.13. The molecule has 0 aromatic heterocycles. The number of fused-ring (bicyclic) bond motifs is 1. The molecule has 2 aromatic rings. The Balaban J connectivity index is 1.79. The van der Waals surface area contributed by atoms with Crippen LogP contribution >= 0.6 is 0 Å². The van der Waals surface area contributed by atoms with Gasteiger partial charge in [0.1, 0.15) is 5.75 Å². The summed E-state index contributed by atoms with van der Waals surface area (Å²) in [6.07, 6.45) is 1.08. The highest BCUT2D eigenvalue weighted by Crippen LogP contribution is 2.35. The lowest BCUT2D eigenvalue weighted by Crippen LogP contribution is -2.36. The lowest BCUT2D eigenvalue weighted by atomic mass is 9.89. The monoisotopic (exact) mass is 367 g/mol. The maximum atomic E-state index is 12.8. The highest BCUT2D eigenvalue weighted by atomic mass is 16.5. The van der Waals surface area contributed by atoms with E-state index in [1.54, 1.807) is 0 Å². The van der Waals surface area contributed by atoms with E-state index < -0.39 is 12.0 Å². The molecule has 0 saturated heterocycles. The third-order valence-electron chi connectivity index (χ3n) is 5.09. The molecule has 5 nitrogen and oxygen atoms in total. The largest absolute Gasteiger partial charge is 0.493 e. The zero-order valence-electron chi connectivity index (χ0n) is 16.0. The molecule has 3 rings (SSSR count). The number of hydrogen-bond donors (Lipinski definition) is 1. The number of nitrogens with one attached hydrogen (secondary N) is 1. The lowest BCUT2D eigenvalue weighted by molar-refractivity contribution is -0.145. The normalized spacial score (nSPS) is 16.6. The molecular formula is C22H25NO4. The molecule has 0 bridgehead atoms. The van der Waals surface area contributed by atoms with Gasteiger partial charge in [-0.2, -0.15) is 0 Å². The van der Waals surface area contributed by atoms with Crippen molar-refractivity contribution in [2.24, 2.45) is 0 Å². The molecule has 0 radical (unpaired) electrons. The predicted octanol–water partition coefficient (Wildman–Crippen LogP) is 3.59.